The molecule has 0 unspecified atom stereocenters. The third-order valence-corrected chi connectivity index (χ3v) is 4.81. The van der Waals surface area contributed by atoms with Crippen molar-refractivity contribution in [2.24, 2.45) is 0 Å². The highest BCUT2D eigenvalue weighted by Crippen LogP contribution is 2.38. The smallest absolute Gasteiger partial charge is 0.310 e. The first-order chi connectivity index (χ1) is 15.0. The lowest BCUT2D eigenvalue weighted by molar-refractivity contribution is -0.141. The van der Waals surface area contributed by atoms with Crippen LogP contribution in [-0.4, -0.2) is 46.8 Å². The minimum absolute atomic E-state index is 0.0402. The summed E-state index contributed by atoms with van der Waals surface area (Å²) in [5, 5.41) is 1.85. The van der Waals surface area contributed by atoms with Gasteiger partial charge in [-0.25, -0.2) is 0 Å². The van der Waals surface area contributed by atoms with Gasteiger partial charge in [0.05, 0.1) is 34.9 Å². The standard InChI is InChI=1S/C24H24O7/c1-27-19-8-7-16-12-18(6-5-17(16)13-19)20(25)14-31-23(26)11-15-9-21(28-2)24(30-4)22(10-15)29-3/h5-10,12-13H,11,14H2,1-4H3. The van der Waals surface area contributed by atoms with Gasteiger partial charge in [-0.1, -0.05) is 18.2 Å². The third kappa shape index (κ3) is 5.06. The van der Waals surface area contributed by atoms with Crippen LogP contribution in [0.1, 0.15) is 15.9 Å². The van der Waals surface area contributed by atoms with Gasteiger partial charge in [0, 0.05) is 5.56 Å². The molecule has 0 heterocycles. The number of benzene rings is 3. The Bertz CT molecular complexity index is 1080. The lowest BCUT2D eigenvalue weighted by Gasteiger charge is -2.14. The topological polar surface area (TPSA) is 80.3 Å². The Labute approximate surface area is 180 Å². The number of ether oxygens (including phenoxy) is 5. The van der Waals surface area contributed by atoms with Gasteiger partial charge in [0.1, 0.15) is 5.75 Å². The molecule has 0 N–H and O–H groups in total. The molecule has 0 fully saturated rings. The van der Waals surface area contributed by atoms with Crippen LogP contribution >= 0.6 is 0 Å². The number of Topliss-reactive ketones (excluding diaryl/α,β-unsaturated/α-hetero) is 1. The van der Waals surface area contributed by atoms with Gasteiger partial charge >= 0.3 is 5.97 Å². The summed E-state index contributed by atoms with van der Waals surface area (Å²) in [4.78, 5) is 24.8. The van der Waals surface area contributed by atoms with Gasteiger partial charge < -0.3 is 23.7 Å². The van der Waals surface area contributed by atoms with E-state index in [2.05, 4.69) is 0 Å². The molecule has 0 bridgehead atoms. The molecule has 0 aromatic heterocycles. The van der Waals surface area contributed by atoms with Crippen LogP contribution in [0, 0.1) is 0 Å². The summed E-state index contributed by atoms with van der Waals surface area (Å²) in [7, 11) is 6.10. The second-order valence-corrected chi connectivity index (χ2v) is 6.72. The second kappa shape index (κ2) is 9.84. The van der Waals surface area contributed by atoms with Crippen molar-refractivity contribution in [3.8, 4) is 23.0 Å². The molecule has 3 rings (SSSR count). The number of rotatable bonds is 9. The predicted octanol–water partition coefficient (Wildman–Crippen LogP) is 3.84. The average molecular weight is 424 g/mol. The van der Waals surface area contributed by atoms with Gasteiger partial charge in [0.25, 0.3) is 0 Å². The first-order valence-corrected chi connectivity index (χ1v) is 9.54. The van der Waals surface area contributed by atoms with Crippen LogP contribution in [0.3, 0.4) is 0 Å². The molecular weight excluding hydrogens is 400 g/mol. The molecule has 0 saturated heterocycles. The van der Waals surface area contributed by atoms with Crippen LogP contribution in [0.5, 0.6) is 23.0 Å². The molecule has 162 valence electrons. The van der Waals surface area contributed by atoms with Crippen LogP contribution in [0.2, 0.25) is 0 Å². The van der Waals surface area contributed by atoms with Crippen LogP contribution in [0.25, 0.3) is 10.8 Å². The first-order valence-electron chi connectivity index (χ1n) is 9.54. The van der Waals surface area contributed by atoms with Crippen molar-refractivity contribution in [3.63, 3.8) is 0 Å². The summed E-state index contributed by atoms with van der Waals surface area (Å²) in [5.74, 6) is 1.24. The third-order valence-electron chi connectivity index (χ3n) is 4.81. The first kappa shape index (κ1) is 22.0. The second-order valence-electron chi connectivity index (χ2n) is 6.72. The number of ketones is 1. The largest absolute Gasteiger partial charge is 0.497 e. The molecular formula is C24H24O7. The summed E-state index contributed by atoms with van der Waals surface area (Å²) in [5.41, 5.74) is 1.09. The van der Waals surface area contributed by atoms with E-state index >= 15 is 0 Å². The van der Waals surface area contributed by atoms with Gasteiger partial charge in [-0.3, -0.25) is 9.59 Å². The molecule has 0 aliphatic heterocycles. The molecule has 0 aliphatic rings. The molecule has 0 radical (unpaired) electrons. The van der Waals surface area contributed by atoms with Crippen LogP contribution < -0.4 is 18.9 Å². The van der Waals surface area contributed by atoms with E-state index in [0.717, 1.165) is 16.5 Å². The van der Waals surface area contributed by atoms with Crippen molar-refractivity contribution in [3.05, 3.63) is 59.7 Å². The van der Waals surface area contributed by atoms with Crippen molar-refractivity contribution < 1.29 is 33.3 Å². The van der Waals surface area contributed by atoms with E-state index in [9.17, 15) is 9.59 Å². The van der Waals surface area contributed by atoms with Gasteiger partial charge in [0.15, 0.2) is 23.9 Å². The number of carbonyl (C=O) groups is 2. The van der Waals surface area contributed by atoms with Crippen molar-refractivity contribution >= 4 is 22.5 Å². The monoisotopic (exact) mass is 424 g/mol. The molecule has 7 nitrogen and oxygen atoms in total. The molecule has 0 amide bonds. The Balaban J connectivity index is 1.65. The average Bonchev–Trinajstić information content (AvgIpc) is 2.80. The molecule has 7 heteroatoms. The fraction of sp³-hybridized carbons (Fsp3) is 0.250. The Morgan fingerprint density at radius 3 is 2.00 bits per heavy atom. The number of esters is 1. The molecule has 3 aromatic rings. The highest BCUT2D eigenvalue weighted by Gasteiger charge is 2.16. The summed E-state index contributed by atoms with van der Waals surface area (Å²) in [6.07, 6.45) is -0.0402. The maximum Gasteiger partial charge on any atom is 0.310 e. The van der Waals surface area contributed by atoms with E-state index in [4.69, 9.17) is 23.7 Å². The fourth-order valence-electron chi connectivity index (χ4n) is 3.21. The van der Waals surface area contributed by atoms with Crippen molar-refractivity contribution in [2.45, 2.75) is 6.42 Å². The van der Waals surface area contributed by atoms with Gasteiger partial charge in [-0.05, 0) is 46.7 Å². The zero-order valence-corrected chi connectivity index (χ0v) is 17.9. The number of methoxy groups -OCH3 is 4. The molecule has 31 heavy (non-hydrogen) atoms. The van der Waals surface area contributed by atoms with Crippen molar-refractivity contribution in [1.82, 2.24) is 0 Å². The van der Waals surface area contributed by atoms with E-state index in [0.29, 0.717) is 28.4 Å². The highest BCUT2D eigenvalue weighted by molar-refractivity contribution is 6.01. The Morgan fingerprint density at radius 1 is 0.742 bits per heavy atom. The highest BCUT2D eigenvalue weighted by atomic mass is 16.5. The number of hydrogen-bond acceptors (Lipinski definition) is 7. The van der Waals surface area contributed by atoms with Gasteiger partial charge in [-0.2, -0.15) is 0 Å². The van der Waals surface area contributed by atoms with E-state index in [1.165, 1.54) is 21.3 Å². The van der Waals surface area contributed by atoms with Crippen LogP contribution in [0.15, 0.2) is 48.5 Å². The SMILES string of the molecule is COc1ccc2cc(C(=O)COC(=O)Cc3cc(OC)c(OC)c(OC)c3)ccc2c1. The van der Waals surface area contributed by atoms with E-state index in [1.54, 1.807) is 31.4 Å². The summed E-state index contributed by atoms with van der Waals surface area (Å²) >= 11 is 0. The molecule has 0 spiro atoms. The molecule has 0 aliphatic carbocycles. The zero-order chi connectivity index (χ0) is 22.4. The molecule has 0 atom stereocenters. The Morgan fingerprint density at radius 2 is 1.39 bits per heavy atom. The maximum absolute atomic E-state index is 12.5. The van der Waals surface area contributed by atoms with Gasteiger partial charge in [-0.15, -0.1) is 0 Å². The maximum atomic E-state index is 12.5. The summed E-state index contributed by atoms with van der Waals surface area (Å²) in [6.45, 7) is -0.342. The minimum Gasteiger partial charge on any atom is -0.497 e. The molecule has 0 saturated carbocycles. The Hall–Kier alpha value is -3.74. The minimum atomic E-state index is -0.534. The number of carbonyl (C=O) groups excluding carboxylic acids is 2. The fourth-order valence-corrected chi connectivity index (χ4v) is 3.21. The quantitative estimate of drug-likeness (QED) is 0.381. The number of fused-ring (bicyclic) bond motifs is 1. The lowest BCUT2D eigenvalue weighted by atomic mass is 10.0. The van der Waals surface area contributed by atoms with E-state index in [1.807, 2.05) is 24.3 Å². The molecule has 3 aromatic carbocycles. The van der Waals surface area contributed by atoms with Gasteiger partial charge in [0.2, 0.25) is 5.75 Å². The van der Waals surface area contributed by atoms with Crippen molar-refractivity contribution in [2.75, 3.05) is 35.0 Å². The van der Waals surface area contributed by atoms with E-state index in [-0.39, 0.29) is 18.8 Å². The van der Waals surface area contributed by atoms with Crippen molar-refractivity contribution in [1.29, 1.82) is 0 Å². The summed E-state index contributed by atoms with van der Waals surface area (Å²) in [6, 6.07) is 14.2. The predicted molar refractivity (Wildman–Crippen MR) is 116 cm³/mol. The summed E-state index contributed by atoms with van der Waals surface area (Å²) < 4.78 is 26.2. The lowest BCUT2D eigenvalue weighted by Crippen LogP contribution is -2.15. The normalized spacial score (nSPS) is 10.5. The number of hydrogen-bond donors (Lipinski definition) is 0. The zero-order valence-electron chi connectivity index (χ0n) is 17.9. The van der Waals surface area contributed by atoms with E-state index < -0.39 is 5.97 Å². The Kier molecular flexibility index (Phi) is 6.97. The van der Waals surface area contributed by atoms with Crippen LogP contribution in [-0.2, 0) is 16.0 Å². The van der Waals surface area contributed by atoms with Crippen LogP contribution in [0.4, 0.5) is 0 Å².